The normalized spacial score (nSPS) is 11.0. The SMILES string of the molecule is O=C(CSc1ccc(Cl)cc1)N/N=C\c1ccc(-c2cc(C(=O)O)ccc2Cl)o1. The van der Waals surface area contributed by atoms with E-state index in [0.717, 1.165) is 4.90 Å². The minimum atomic E-state index is -1.06. The van der Waals surface area contributed by atoms with Gasteiger partial charge < -0.3 is 9.52 Å². The maximum absolute atomic E-state index is 11.9. The summed E-state index contributed by atoms with van der Waals surface area (Å²) in [5.41, 5.74) is 2.97. The van der Waals surface area contributed by atoms with Gasteiger partial charge in [-0.15, -0.1) is 11.8 Å². The molecule has 0 atom stereocenters. The molecule has 2 aromatic carbocycles. The Kier molecular flexibility index (Phi) is 6.98. The molecule has 9 heteroatoms. The molecular weight excluding hydrogens is 435 g/mol. The van der Waals surface area contributed by atoms with E-state index in [1.54, 1.807) is 24.3 Å². The van der Waals surface area contributed by atoms with E-state index in [0.29, 0.717) is 27.1 Å². The molecule has 0 fully saturated rings. The monoisotopic (exact) mass is 448 g/mol. The highest BCUT2D eigenvalue weighted by Gasteiger charge is 2.12. The third kappa shape index (κ3) is 5.87. The van der Waals surface area contributed by atoms with E-state index in [1.165, 1.54) is 36.2 Å². The largest absolute Gasteiger partial charge is 0.478 e. The van der Waals surface area contributed by atoms with Crippen LogP contribution in [0, 0.1) is 0 Å². The van der Waals surface area contributed by atoms with Crippen LogP contribution in [0.25, 0.3) is 11.3 Å². The van der Waals surface area contributed by atoms with Crippen molar-refractivity contribution in [2.75, 3.05) is 5.75 Å². The number of nitrogens with zero attached hydrogens (tertiary/aromatic N) is 1. The van der Waals surface area contributed by atoms with Crippen LogP contribution in [0.4, 0.5) is 0 Å². The van der Waals surface area contributed by atoms with Crippen molar-refractivity contribution in [1.82, 2.24) is 5.43 Å². The van der Waals surface area contributed by atoms with E-state index in [-0.39, 0.29) is 17.2 Å². The lowest BCUT2D eigenvalue weighted by Gasteiger charge is -2.02. The van der Waals surface area contributed by atoms with Crippen molar-refractivity contribution in [2.45, 2.75) is 4.90 Å². The van der Waals surface area contributed by atoms with Gasteiger partial charge in [-0.05, 0) is 54.6 Å². The maximum atomic E-state index is 11.9. The molecule has 0 aliphatic carbocycles. The molecular formula is C20H14Cl2N2O4S. The van der Waals surface area contributed by atoms with Crippen molar-refractivity contribution in [3.63, 3.8) is 0 Å². The van der Waals surface area contributed by atoms with Gasteiger partial charge >= 0.3 is 5.97 Å². The summed E-state index contributed by atoms with van der Waals surface area (Å²) >= 11 is 13.3. The number of aromatic carboxylic acids is 1. The molecule has 6 nitrogen and oxygen atoms in total. The van der Waals surface area contributed by atoms with Crippen molar-refractivity contribution in [3.05, 3.63) is 76.0 Å². The van der Waals surface area contributed by atoms with E-state index in [2.05, 4.69) is 10.5 Å². The number of furan rings is 1. The number of hydrazone groups is 1. The van der Waals surface area contributed by atoms with Gasteiger partial charge in [0.2, 0.25) is 5.91 Å². The molecule has 0 saturated carbocycles. The number of amides is 1. The Hall–Kier alpha value is -2.74. The highest BCUT2D eigenvalue weighted by atomic mass is 35.5. The third-order valence-corrected chi connectivity index (χ3v) is 5.26. The molecule has 3 aromatic rings. The zero-order valence-corrected chi connectivity index (χ0v) is 17.1. The smallest absolute Gasteiger partial charge is 0.335 e. The Bertz CT molecular complexity index is 1060. The van der Waals surface area contributed by atoms with Crippen LogP contribution in [0.1, 0.15) is 16.1 Å². The van der Waals surface area contributed by atoms with Gasteiger partial charge in [0.15, 0.2) is 0 Å². The molecule has 3 rings (SSSR count). The van der Waals surface area contributed by atoms with Crippen molar-refractivity contribution in [2.24, 2.45) is 5.10 Å². The van der Waals surface area contributed by atoms with E-state index in [1.807, 2.05) is 12.1 Å². The first kappa shape index (κ1) is 21.0. The Labute approximate surface area is 180 Å². The highest BCUT2D eigenvalue weighted by molar-refractivity contribution is 8.00. The van der Waals surface area contributed by atoms with Crippen LogP contribution in [-0.2, 0) is 4.79 Å². The van der Waals surface area contributed by atoms with Crippen LogP contribution in [0.5, 0.6) is 0 Å². The van der Waals surface area contributed by atoms with Gasteiger partial charge in [-0.1, -0.05) is 23.2 Å². The second-order valence-corrected chi connectivity index (χ2v) is 7.63. The van der Waals surface area contributed by atoms with E-state index >= 15 is 0 Å². The summed E-state index contributed by atoms with van der Waals surface area (Å²) in [6, 6.07) is 14.8. The van der Waals surface area contributed by atoms with Crippen molar-refractivity contribution >= 4 is 53.1 Å². The molecule has 1 aromatic heterocycles. The van der Waals surface area contributed by atoms with Crippen molar-refractivity contribution in [3.8, 4) is 11.3 Å². The fourth-order valence-corrected chi connectivity index (χ4v) is 3.32. The summed E-state index contributed by atoms with van der Waals surface area (Å²) in [4.78, 5) is 23.9. The number of hydrogen-bond acceptors (Lipinski definition) is 5. The van der Waals surface area contributed by atoms with Crippen LogP contribution in [0.3, 0.4) is 0 Å². The minimum Gasteiger partial charge on any atom is -0.478 e. The molecule has 0 saturated heterocycles. The van der Waals surface area contributed by atoms with Crippen LogP contribution < -0.4 is 5.43 Å². The second kappa shape index (κ2) is 9.65. The van der Waals surface area contributed by atoms with Crippen molar-refractivity contribution in [1.29, 1.82) is 0 Å². The topological polar surface area (TPSA) is 91.9 Å². The predicted octanol–water partition coefficient (Wildman–Crippen LogP) is 5.19. The van der Waals surface area contributed by atoms with Gasteiger partial charge in [0.05, 0.1) is 22.6 Å². The Morgan fingerprint density at radius 3 is 2.59 bits per heavy atom. The lowest BCUT2D eigenvalue weighted by atomic mass is 10.1. The molecule has 0 spiro atoms. The first-order valence-corrected chi connectivity index (χ1v) is 10.00. The molecule has 1 heterocycles. The Balaban J connectivity index is 1.58. The highest BCUT2D eigenvalue weighted by Crippen LogP contribution is 2.30. The second-order valence-electron chi connectivity index (χ2n) is 5.74. The fraction of sp³-hybridized carbons (Fsp3) is 0.0500. The van der Waals surface area contributed by atoms with Crippen LogP contribution in [-0.4, -0.2) is 29.0 Å². The van der Waals surface area contributed by atoms with Crippen LogP contribution in [0.2, 0.25) is 10.0 Å². The number of rotatable bonds is 7. The molecule has 2 N–H and O–H groups in total. The molecule has 29 heavy (non-hydrogen) atoms. The summed E-state index contributed by atoms with van der Waals surface area (Å²) in [6.45, 7) is 0. The first-order chi connectivity index (χ1) is 13.9. The number of halogens is 2. The number of carboxylic acids is 1. The third-order valence-electron chi connectivity index (χ3n) is 3.67. The minimum absolute atomic E-state index is 0.0986. The zero-order valence-electron chi connectivity index (χ0n) is 14.8. The molecule has 148 valence electrons. The average molecular weight is 449 g/mol. The molecule has 0 aliphatic rings. The summed E-state index contributed by atoms with van der Waals surface area (Å²) in [5.74, 6) is -0.368. The van der Waals surface area contributed by atoms with E-state index in [9.17, 15) is 9.59 Å². The zero-order chi connectivity index (χ0) is 20.8. The van der Waals surface area contributed by atoms with Gasteiger partial charge in [-0.25, -0.2) is 10.2 Å². The van der Waals surface area contributed by atoms with Gasteiger partial charge in [0.25, 0.3) is 0 Å². The first-order valence-electron chi connectivity index (χ1n) is 8.25. The standard InChI is InChI=1S/C20H14Cl2N2O4S/c21-13-2-5-15(6-3-13)29-11-19(25)24-23-10-14-4-8-18(28-14)16-9-12(20(26)27)1-7-17(16)22/h1-10H,11H2,(H,24,25)(H,26,27)/b23-10-. The molecule has 0 radical (unpaired) electrons. The van der Waals surface area contributed by atoms with Gasteiger partial charge in [0, 0.05) is 15.5 Å². The Morgan fingerprint density at radius 2 is 1.86 bits per heavy atom. The van der Waals surface area contributed by atoms with Crippen molar-refractivity contribution < 1.29 is 19.1 Å². The number of benzene rings is 2. The summed E-state index contributed by atoms with van der Waals surface area (Å²) < 4.78 is 5.61. The summed E-state index contributed by atoms with van der Waals surface area (Å²) in [7, 11) is 0. The Morgan fingerprint density at radius 1 is 1.10 bits per heavy atom. The summed E-state index contributed by atoms with van der Waals surface area (Å²) in [5, 5.41) is 14.0. The number of nitrogens with one attached hydrogen (secondary N) is 1. The molecule has 0 aliphatic heterocycles. The quantitative estimate of drug-likeness (QED) is 0.294. The molecule has 1 amide bonds. The number of thioether (sulfide) groups is 1. The number of carbonyl (C=O) groups excluding carboxylic acids is 1. The lowest BCUT2D eigenvalue weighted by molar-refractivity contribution is -0.118. The van der Waals surface area contributed by atoms with Gasteiger partial charge in [-0.3, -0.25) is 4.79 Å². The molecule has 0 unspecified atom stereocenters. The number of hydrogen-bond donors (Lipinski definition) is 2. The summed E-state index contributed by atoms with van der Waals surface area (Å²) in [6.07, 6.45) is 1.35. The van der Waals surface area contributed by atoms with Gasteiger partial charge in [0.1, 0.15) is 11.5 Å². The van der Waals surface area contributed by atoms with Gasteiger partial charge in [-0.2, -0.15) is 5.10 Å². The van der Waals surface area contributed by atoms with E-state index < -0.39 is 5.97 Å². The predicted molar refractivity (Wildman–Crippen MR) is 114 cm³/mol. The molecule has 0 bridgehead atoms. The number of carbonyl (C=O) groups is 2. The van der Waals surface area contributed by atoms with Crippen LogP contribution in [0.15, 0.2) is 69.0 Å². The maximum Gasteiger partial charge on any atom is 0.335 e. The lowest BCUT2D eigenvalue weighted by Crippen LogP contribution is -2.19. The average Bonchev–Trinajstić information content (AvgIpc) is 3.16. The fourth-order valence-electron chi connectivity index (χ4n) is 2.29. The van der Waals surface area contributed by atoms with Crippen LogP contribution >= 0.6 is 35.0 Å². The number of carboxylic acid groups (broad SMARTS) is 1. The van der Waals surface area contributed by atoms with E-state index in [4.69, 9.17) is 32.7 Å².